The predicted molar refractivity (Wildman–Crippen MR) is 50.1 cm³/mol. The molecule has 1 N–H and O–H groups in total. The van der Waals surface area contributed by atoms with E-state index in [4.69, 9.17) is 12.2 Å². The Bertz CT molecular complexity index is 280. The fourth-order valence-corrected chi connectivity index (χ4v) is 2.25. The maximum Gasteiger partial charge on any atom is 0.0923 e. The quantitative estimate of drug-likeness (QED) is 0.616. The van der Waals surface area contributed by atoms with Gasteiger partial charge >= 0.3 is 0 Å². The van der Waals surface area contributed by atoms with Gasteiger partial charge in [-0.15, -0.1) is 11.3 Å². The van der Waals surface area contributed by atoms with Crippen LogP contribution in [0.3, 0.4) is 0 Å². The number of hydrogen-bond acceptors (Lipinski definition) is 4. The van der Waals surface area contributed by atoms with E-state index in [1.165, 1.54) is 4.88 Å². The normalized spacial score (nSPS) is 17.6. The van der Waals surface area contributed by atoms with Gasteiger partial charge in [0.2, 0.25) is 0 Å². The van der Waals surface area contributed by atoms with Crippen molar-refractivity contribution in [2.24, 2.45) is 0 Å². The van der Waals surface area contributed by atoms with Gasteiger partial charge in [0.15, 0.2) is 0 Å². The maximum absolute atomic E-state index is 5.21. The first-order valence-electron chi connectivity index (χ1n) is 3.54. The summed E-state index contributed by atoms with van der Waals surface area (Å²) in [7, 11) is 0. The summed E-state index contributed by atoms with van der Waals surface area (Å²) in [4.78, 5) is 6.53. The average Bonchev–Trinajstić information content (AvgIpc) is 2.40. The molecule has 1 aromatic rings. The predicted octanol–water partition coefficient (Wildman–Crippen LogP) is 1.35. The van der Waals surface area contributed by atoms with Crippen LogP contribution in [0.2, 0.25) is 0 Å². The molecule has 0 fully saturated rings. The van der Waals surface area contributed by atoms with Gasteiger partial charge in [0.05, 0.1) is 11.2 Å². The lowest BCUT2D eigenvalue weighted by Crippen LogP contribution is -2.12. The SMILES string of the molecule is S=C1CCNCc2scnc21. The average molecular weight is 184 g/mol. The fourth-order valence-electron chi connectivity index (χ4n) is 1.15. The number of nitrogens with one attached hydrogen (secondary N) is 1. The van der Waals surface area contributed by atoms with E-state index < -0.39 is 0 Å². The number of rotatable bonds is 0. The molecular formula is C7H8N2S2. The molecule has 0 spiro atoms. The van der Waals surface area contributed by atoms with Gasteiger partial charge in [-0.25, -0.2) is 4.98 Å². The van der Waals surface area contributed by atoms with Crippen LogP contribution in [0.15, 0.2) is 5.51 Å². The molecule has 0 radical (unpaired) electrons. The highest BCUT2D eigenvalue weighted by molar-refractivity contribution is 7.80. The van der Waals surface area contributed by atoms with Crippen molar-refractivity contribution in [3.8, 4) is 0 Å². The lowest BCUT2D eigenvalue weighted by atomic mass is 10.2. The zero-order valence-electron chi connectivity index (χ0n) is 5.96. The molecule has 1 aromatic heterocycles. The van der Waals surface area contributed by atoms with Crippen molar-refractivity contribution in [3.05, 3.63) is 16.1 Å². The van der Waals surface area contributed by atoms with Crippen LogP contribution in [0, 0.1) is 0 Å². The van der Waals surface area contributed by atoms with E-state index >= 15 is 0 Å². The Morgan fingerprint density at radius 3 is 3.45 bits per heavy atom. The van der Waals surface area contributed by atoms with Crippen LogP contribution >= 0.6 is 23.6 Å². The van der Waals surface area contributed by atoms with Crippen molar-refractivity contribution >= 4 is 28.4 Å². The number of hydrogen-bond donors (Lipinski definition) is 1. The second-order valence-corrected chi connectivity index (χ2v) is 3.91. The third-order valence-corrected chi connectivity index (χ3v) is 2.95. The molecule has 0 unspecified atom stereocenters. The Kier molecular flexibility index (Phi) is 1.98. The van der Waals surface area contributed by atoms with Crippen LogP contribution in [0.1, 0.15) is 17.0 Å². The number of nitrogens with zero attached hydrogens (tertiary/aromatic N) is 1. The molecule has 0 aliphatic carbocycles. The van der Waals surface area contributed by atoms with Crippen molar-refractivity contribution in [2.75, 3.05) is 6.54 Å². The third-order valence-electron chi connectivity index (χ3n) is 1.72. The van der Waals surface area contributed by atoms with Crippen molar-refractivity contribution < 1.29 is 0 Å². The molecule has 2 nitrogen and oxygen atoms in total. The van der Waals surface area contributed by atoms with E-state index in [1.54, 1.807) is 11.3 Å². The lowest BCUT2D eigenvalue weighted by molar-refractivity contribution is 0.724. The highest BCUT2D eigenvalue weighted by atomic mass is 32.1. The maximum atomic E-state index is 5.21. The van der Waals surface area contributed by atoms with Gasteiger partial charge in [0, 0.05) is 22.8 Å². The summed E-state index contributed by atoms with van der Waals surface area (Å²) in [5.74, 6) is 0. The number of fused-ring (bicyclic) bond motifs is 1. The first kappa shape index (κ1) is 7.34. The summed E-state index contributed by atoms with van der Waals surface area (Å²) in [5, 5.41) is 3.30. The molecular weight excluding hydrogens is 176 g/mol. The lowest BCUT2D eigenvalue weighted by Gasteiger charge is -1.93. The van der Waals surface area contributed by atoms with Crippen molar-refractivity contribution in [1.82, 2.24) is 10.3 Å². The second kappa shape index (κ2) is 2.97. The first-order chi connectivity index (χ1) is 5.38. The van der Waals surface area contributed by atoms with Crippen LogP contribution in [0.4, 0.5) is 0 Å². The molecule has 2 rings (SSSR count). The molecule has 4 heteroatoms. The fraction of sp³-hybridized carbons (Fsp3) is 0.429. The van der Waals surface area contributed by atoms with E-state index in [1.807, 2.05) is 5.51 Å². The van der Waals surface area contributed by atoms with Crippen LogP contribution in [-0.2, 0) is 6.54 Å². The van der Waals surface area contributed by atoms with Crippen molar-refractivity contribution in [3.63, 3.8) is 0 Å². The highest BCUT2D eigenvalue weighted by Crippen LogP contribution is 2.17. The molecule has 1 aliphatic rings. The summed E-state index contributed by atoms with van der Waals surface area (Å²) < 4.78 is 0. The molecule has 11 heavy (non-hydrogen) atoms. The van der Waals surface area contributed by atoms with Crippen LogP contribution < -0.4 is 5.32 Å². The Morgan fingerprint density at radius 1 is 1.64 bits per heavy atom. The topological polar surface area (TPSA) is 24.9 Å². The van der Waals surface area contributed by atoms with Crippen LogP contribution in [0.5, 0.6) is 0 Å². The Balaban J connectivity index is 2.41. The third kappa shape index (κ3) is 1.34. The minimum atomic E-state index is 0.931. The summed E-state index contributed by atoms with van der Waals surface area (Å²) in [6, 6.07) is 0. The second-order valence-electron chi connectivity index (χ2n) is 2.47. The summed E-state index contributed by atoms with van der Waals surface area (Å²) >= 11 is 6.89. The first-order valence-corrected chi connectivity index (χ1v) is 4.83. The molecule has 2 heterocycles. The van der Waals surface area contributed by atoms with Gasteiger partial charge in [-0.05, 0) is 6.42 Å². The molecule has 58 valence electrons. The Hall–Kier alpha value is -0.320. The summed E-state index contributed by atoms with van der Waals surface area (Å²) in [6.45, 7) is 1.92. The molecule has 0 amide bonds. The zero-order chi connectivity index (χ0) is 7.68. The number of thiazole rings is 1. The Morgan fingerprint density at radius 2 is 2.55 bits per heavy atom. The molecule has 0 bridgehead atoms. The van der Waals surface area contributed by atoms with E-state index in [2.05, 4.69) is 10.3 Å². The van der Waals surface area contributed by atoms with Gasteiger partial charge in [0.1, 0.15) is 0 Å². The molecule has 0 aromatic carbocycles. The van der Waals surface area contributed by atoms with Gasteiger partial charge in [-0.1, -0.05) is 12.2 Å². The monoisotopic (exact) mass is 184 g/mol. The van der Waals surface area contributed by atoms with E-state index in [-0.39, 0.29) is 0 Å². The summed E-state index contributed by atoms with van der Waals surface area (Å²) in [5.41, 5.74) is 2.92. The smallest absolute Gasteiger partial charge is 0.0923 e. The van der Waals surface area contributed by atoms with Crippen molar-refractivity contribution in [2.45, 2.75) is 13.0 Å². The standard InChI is InChI=1S/C7H8N2S2/c10-5-1-2-8-3-6-7(5)9-4-11-6/h4,8H,1-3H2. The molecule has 0 saturated carbocycles. The minimum absolute atomic E-state index is 0.931. The van der Waals surface area contributed by atoms with Crippen LogP contribution in [-0.4, -0.2) is 16.4 Å². The van der Waals surface area contributed by atoms with E-state index in [0.29, 0.717) is 0 Å². The largest absolute Gasteiger partial charge is 0.311 e. The van der Waals surface area contributed by atoms with E-state index in [9.17, 15) is 0 Å². The highest BCUT2D eigenvalue weighted by Gasteiger charge is 2.13. The van der Waals surface area contributed by atoms with Crippen LogP contribution in [0.25, 0.3) is 0 Å². The number of thiocarbonyl (C=S) groups is 1. The van der Waals surface area contributed by atoms with Crippen molar-refractivity contribution in [1.29, 1.82) is 0 Å². The van der Waals surface area contributed by atoms with Gasteiger partial charge in [0.25, 0.3) is 0 Å². The summed E-state index contributed by atoms with van der Waals surface area (Å²) in [6.07, 6.45) is 0.950. The minimum Gasteiger partial charge on any atom is -0.311 e. The van der Waals surface area contributed by atoms with Gasteiger partial charge in [-0.2, -0.15) is 0 Å². The Labute approximate surface area is 74.7 Å². The number of aromatic nitrogens is 1. The van der Waals surface area contributed by atoms with E-state index in [0.717, 1.165) is 30.1 Å². The molecule has 1 aliphatic heterocycles. The zero-order valence-corrected chi connectivity index (χ0v) is 7.60. The molecule has 0 atom stereocenters. The van der Waals surface area contributed by atoms with Gasteiger partial charge < -0.3 is 5.32 Å². The molecule has 0 saturated heterocycles. The van der Waals surface area contributed by atoms with Gasteiger partial charge in [-0.3, -0.25) is 0 Å².